The van der Waals surface area contributed by atoms with E-state index in [9.17, 15) is 0 Å². The van der Waals surface area contributed by atoms with Crippen molar-refractivity contribution >= 4 is 5.82 Å². The van der Waals surface area contributed by atoms with E-state index in [1.54, 1.807) is 25.6 Å². The van der Waals surface area contributed by atoms with Crippen molar-refractivity contribution in [1.29, 1.82) is 0 Å². The third kappa shape index (κ3) is 4.47. The lowest BCUT2D eigenvalue weighted by Gasteiger charge is -2.07. The van der Waals surface area contributed by atoms with Gasteiger partial charge in [0.2, 0.25) is 5.88 Å². The number of ether oxygens (including phenoxy) is 2. The SMILES string of the molecule is COCc1nc(N)cc(OCCCc2ccncc2)n1. The van der Waals surface area contributed by atoms with Crippen molar-refractivity contribution in [3.05, 3.63) is 42.0 Å². The standard InChI is InChI=1S/C14H18N4O2/c1-19-10-13-17-12(15)9-14(18-13)20-8-2-3-11-4-6-16-7-5-11/h4-7,9H,2-3,8,10H2,1H3,(H2,15,17,18). The number of hydrogen-bond acceptors (Lipinski definition) is 6. The van der Waals surface area contributed by atoms with Crippen LogP contribution in [-0.4, -0.2) is 28.7 Å². The summed E-state index contributed by atoms with van der Waals surface area (Å²) in [7, 11) is 1.59. The first-order valence-electron chi connectivity index (χ1n) is 6.42. The average Bonchev–Trinajstić information content (AvgIpc) is 2.45. The Bertz CT molecular complexity index is 534. The smallest absolute Gasteiger partial charge is 0.218 e. The molecule has 0 saturated carbocycles. The molecule has 0 aliphatic rings. The van der Waals surface area contributed by atoms with E-state index in [1.165, 1.54) is 5.56 Å². The van der Waals surface area contributed by atoms with Crippen molar-refractivity contribution < 1.29 is 9.47 Å². The molecule has 0 radical (unpaired) electrons. The van der Waals surface area contributed by atoms with Crippen LogP contribution in [0.1, 0.15) is 17.8 Å². The van der Waals surface area contributed by atoms with E-state index in [0.717, 1.165) is 12.8 Å². The van der Waals surface area contributed by atoms with Crippen LogP contribution in [0.25, 0.3) is 0 Å². The molecule has 0 atom stereocenters. The Hall–Kier alpha value is -2.21. The highest BCUT2D eigenvalue weighted by Gasteiger charge is 2.03. The van der Waals surface area contributed by atoms with Crippen LogP contribution in [0.5, 0.6) is 5.88 Å². The zero-order valence-corrected chi connectivity index (χ0v) is 11.5. The van der Waals surface area contributed by atoms with Crippen LogP contribution in [0.4, 0.5) is 5.82 Å². The summed E-state index contributed by atoms with van der Waals surface area (Å²) in [5.41, 5.74) is 6.93. The number of nitrogens with zero attached hydrogens (tertiary/aromatic N) is 3. The monoisotopic (exact) mass is 274 g/mol. The Morgan fingerprint density at radius 3 is 2.75 bits per heavy atom. The maximum Gasteiger partial charge on any atom is 0.218 e. The van der Waals surface area contributed by atoms with Gasteiger partial charge in [-0.15, -0.1) is 0 Å². The number of rotatable bonds is 7. The van der Waals surface area contributed by atoms with E-state index in [0.29, 0.717) is 30.7 Å². The minimum Gasteiger partial charge on any atom is -0.478 e. The summed E-state index contributed by atoms with van der Waals surface area (Å²) in [5.74, 6) is 1.40. The number of aryl methyl sites for hydroxylation is 1. The summed E-state index contributed by atoms with van der Waals surface area (Å²) < 4.78 is 10.6. The van der Waals surface area contributed by atoms with Gasteiger partial charge in [-0.1, -0.05) is 0 Å². The van der Waals surface area contributed by atoms with Crippen molar-refractivity contribution in [2.75, 3.05) is 19.5 Å². The minimum atomic E-state index is 0.318. The zero-order chi connectivity index (χ0) is 14.2. The quantitative estimate of drug-likeness (QED) is 0.772. The summed E-state index contributed by atoms with van der Waals surface area (Å²) in [5, 5.41) is 0. The first kappa shape index (κ1) is 14.2. The molecule has 0 unspecified atom stereocenters. The third-order valence-corrected chi connectivity index (χ3v) is 2.65. The highest BCUT2D eigenvalue weighted by molar-refractivity contribution is 5.32. The molecule has 0 bridgehead atoms. The van der Waals surface area contributed by atoms with E-state index < -0.39 is 0 Å². The summed E-state index contributed by atoms with van der Waals surface area (Å²) in [4.78, 5) is 12.3. The Morgan fingerprint density at radius 2 is 2.00 bits per heavy atom. The molecule has 2 rings (SSSR count). The largest absolute Gasteiger partial charge is 0.478 e. The second-order valence-corrected chi connectivity index (χ2v) is 4.29. The van der Waals surface area contributed by atoms with E-state index in [1.807, 2.05) is 12.1 Å². The normalized spacial score (nSPS) is 10.4. The molecule has 0 aromatic carbocycles. The van der Waals surface area contributed by atoms with Gasteiger partial charge in [0.25, 0.3) is 0 Å². The van der Waals surface area contributed by atoms with Gasteiger partial charge in [0.1, 0.15) is 12.4 Å². The average molecular weight is 274 g/mol. The maximum absolute atomic E-state index is 5.69. The molecule has 2 aromatic rings. The molecule has 0 saturated heterocycles. The van der Waals surface area contributed by atoms with Gasteiger partial charge >= 0.3 is 0 Å². The van der Waals surface area contributed by atoms with E-state index >= 15 is 0 Å². The summed E-state index contributed by atoms with van der Waals surface area (Å²) >= 11 is 0. The maximum atomic E-state index is 5.69. The van der Waals surface area contributed by atoms with Gasteiger partial charge in [-0.05, 0) is 30.5 Å². The first-order valence-corrected chi connectivity index (χ1v) is 6.42. The van der Waals surface area contributed by atoms with E-state index in [4.69, 9.17) is 15.2 Å². The topological polar surface area (TPSA) is 83.2 Å². The molecule has 106 valence electrons. The van der Waals surface area contributed by atoms with Crippen LogP contribution in [0.3, 0.4) is 0 Å². The van der Waals surface area contributed by atoms with Crippen molar-refractivity contribution in [3.63, 3.8) is 0 Å². The number of nitrogen functional groups attached to an aromatic ring is 1. The lowest BCUT2D eigenvalue weighted by atomic mass is 10.1. The summed E-state index contributed by atoms with van der Waals surface area (Å²) in [6.07, 6.45) is 5.41. The molecule has 20 heavy (non-hydrogen) atoms. The molecule has 0 aliphatic carbocycles. The third-order valence-electron chi connectivity index (χ3n) is 2.65. The molecular formula is C14H18N4O2. The fourth-order valence-electron chi connectivity index (χ4n) is 1.76. The van der Waals surface area contributed by atoms with Gasteiger partial charge in [0.15, 0.2) is 5.82 Å². The molecule has 6 heteroatoms. The fraction of sp³-hybridized carbons (Fsp3) is 0.357. The van der Waals surface area contributed by atoms with E-state index in [-0.39, 0.29) is 0 Å². The highest BCUT2D eigenvalue weighted by atomic mass is 16.5. The summed E-state index contributed by atoms with van der Waals surface area (Å²) in [6.45, 7) is 0.892. The van der Waals surface area contributed by atoms with Crippen LogP contribution >= 0.6 is 0 Å². The molecule has 6 nitrogen and oxygen atoms in total. The molecule has 2 aromatic heterocycles. The van der Waals surface area contributed by atoms with Crippen molar-refractivity contribution in [3.8, 4) is 5.88 Å². The van der Waals surface area contributed by atoms with Crippen LogP contribution in [0, 0.1) is 0 Å². The lowest BCUT2D eigenvalue weighted by Crippen LogP contribution is -2.06. The Balaban J connectivity index is 1.81. The number of aromatic nitrogens is 3. The molecule has 0 amide bonds. The van der Waals surface area contributed by atoms with Gasteiger partial charge in [-0.3, -0.25) is 4.98 Å². The van der Waals surface area contributed by atoms with Crippen molar-refractivity contribution in [1.82, 2.24) is 15.0 Å². The molecule has 2 heterocycles. The second kappa shape index (κ2) is 7.40. The number of nitrogens with two attached hydrogens (primary N) is 1. The van der Waals surface area contributed by atoms with Crippen LogP contribution in [-0.2, 0) is 17.8 Å². The Morgan fingerprint density at radius 1 is 1.20 bits per heavy atom. The zero-order valence-electron chi connectivity index (χ0n) is 11.5. The van der Waals surface area contributed by atoms with Crippen molar-refractivity contribution in [2.45, 2.75) is 19.4 Å². The predicted molar refractivity (Wildman–Crippen MR) is 75.2 cm³/mol. The number of methoxy groups -OCH3 is 1. The van der Waals surface area contributed by atoms with Crippen LogP contribution < -0.4 is 10.5 Å². The van der Waals surface area contributed by atoms with E-state index in [2.05, 4.69) is 15.0 Å². The predicted octanol–water partition coefficient (Wildman–Crippen LogP) is 1.61. The minimum absolute atomic E-state index is 0.318. The highest BCUT2D eigenvalue weighted by Crippen LogP contribution is 2.12. The van der Waals surface area contributed by atoms with Gasteiger partial charge in [-0.25, -0.2) is 4.98 Å². The van der Waals surface area contributed by atoms with Gasteiger partial charge in [0.05, 0.1) is 6.61 Å². The Labute approximate surface area is 118 Å². The first-order chi connectivity index (χ1) is 9.78. The Kier molecular flexibility index (Phi) is 5.25. The van der Waals surface area contributed by atoms with Crippen LogP contribution in [0.2, 0.25) is 0 Å². The number of anilines is 1. The molecule has 2 N–H and O–H groups in total. The van der Waals surface area contributed by atoms with Gasteiger partial charge < -0.3 is 15.2 Å². The van der Waals surface area contributed by atoms with Crippen LogP contribution in [0.15, 0.2) is 30.6 Å². The molecular weight excluding hydrogens is 256 g/mol. The van der Waals surface area contributed by atoms with Gasteiger partial charge in [0, 0.05) is 25.6 Å². The van der Waals surface area contributed by atoms with Gasteiger partial charge in [-0.2, -0.15) is 4.98 Å². The summed E-state index contributed by atoms with van der Waals surface area (Å²) in [6, 6.07) is 5.62. The number of pyridine rings is 1. The fourth-order valence-corrected chi connectivity index (χ4v) is 1.76. The lowest BCUT2D eigenvalue weighted by molar-refractivity contribution is 0.176. The molecule has 0 spiro atoms. The number of hydrogen-bond donors (Lipinski definition) is 1. The molecule has 0 fully saturated rings. The molecule has 0 aliphatic heterocycles. The second-order valence-electron chi connectivity index (χ2n) is 4.29. The van der Waals surface area contributed by atoms with Crippen molar-refractivity contribution in [2.24, 2.45) is 0 Å².